The van der Waals surface area contributed by atoms with Gasteiger partial charge in [0.05, 0.1) is 27.9 Å². The summed E-state index contributed by atoms with van der Waals surface area (Å²) in [5.74, 6) is 0.548. The number of aromatic nitrogens is 1. The van der Waals surface area contributed by atoms with Crippen LogP contribution in [0.2, 0.25) is 4.34 Å². The predicted octanol–water partition coefficient (Wildman–Crippen LogP) is 4.21. The Kier molecular flexibility index (Phi) is 4.90. The molecule has 1 aromatic carbocycles. The van der Waals surface area contributed by atoms with E-state index >= 15 is 0 Å². The van der Waals surface area contributed by atoms with Crippen molar-refractivity contribution in [2.75, 3.05) is 10.0 Å². The van der Waals surface area contributed by atoms with Gasteiger partial charge in [0.15, 0.2) is 0 Å². The first-order chi connectivity index (χ1) is 12.0. The first kappa shape index (κ1) is 17.2. The lowest BCUT2D eigenvalue weighted by Crippen LogP contribution is -2.11. The van der Waals surface area contributed by atoms with Gasteiger partial charge in [-0.1, -0.05) is 11.6 Å². The number of benzene rings is 1. The molecule has 0 aliphatic heterocycles. The molecule has 0 saturated carbocycles. The fourth-order valence-corrected chi connectivity index (χ4v) is 4.48. The molecule has 0 fully saturated rings. The highest BCUT2D eigenvalue weighted by atomic mass is 35.5. The third kappa shape index (κ3) is 4.28. The van der Waals surface area contributed by atoms with E-state index in [1.54, 1.807) is 36.4 Å². The van der Waals surface area contributed by atoms with Gasteiger partial charge in [-0.2, -0.15) is 5.26 Å². The first-order valence-electron chi connectivity index (χ1n) is 6.98. The van der Waals surface area contributed by atoms with Gasteiger partial charge >= 0.3 is 0 Å². The summed E-state index contributed by atoms with van der Waals surface area (Å²) in [6.45, 7) is 0. The number of hydrogen-bond donors (Lipinski definition) is 2. The van der Waals surface area contributed by atoms with Crippen LogP contribution in [0.15, 0.2) is 58.9 Å². The molecule has 0 atom stereocenters. The van der Waals surface area contributed by atoms with Crippen molar-refractivity contribution in [1.29, 1.82) is 5.26 Å². The van der Waals surface area contributed by atoms with Crippen molar-refractivity contribution in [3.63, 3.8) is 0 Å². The average molecular weight is 391 g/mol. The molecule has 25 heavy (non-hydrogen) atoms. The van der Waals surface area contributed by atoms with E-state index in [0.29, 0.717) is 21.4 Å². The van der Waals surface area contributed by atoms with E-state index in [1.807, 2.05) is 6.07 Å². The molecule has 0 aliphatic rings. The Morgan fingerprint density at radius 1 is 1.04 bits per heavy atom. The van der Waals surface area contributed by atoms with Crippen LogP contribution in [0, 0.1) is 11.3 Å². The number of nitrogens with one attached hydrogen (secondary N) is 2. The Labute approximate surface area is 153 Å². The fraction of sp³-hybridized carbons (Fsp3) is 0. The summed E-state index contributed by atoms with van der Waals surface area (Å²) in [5, 5.41) is 11.8. The minimum Gasteiger partial charge on any atom is -0.340 e. The molecular weight excluding hydrogens is 380 g/mol. The Bertz CT molecular complexity index is 1020. The lowest BCUT2D eigenvalue weighted by molar-refractivity contribution is 0.603. The predicted molar refractivity (Wildman–Crippen MR) is 98.8 cm³/mol. The maximum Gasteiger partial charge on any atom is 0.271 e. The second kappa shape index (κ2) is 7.11. The molecule has 0 aliphatic carbocycles. The monoisotopic (exact) mass is 390 g/mol. The summed E-state index contributed by atoms with van der Waals surface area (Å²) in [6, 6.07) is 15.2. The van der Waals surface area contributed by atoms with E-state index in [9.17, 15) is 8.42 Å². The van der Waals surface area contributed by atoms with E-state index in [-0.39, 0.29) is 4.21 Å². The second-order valence-corrected chi connectivity index (χ2v) is 8.53. The number of sulfonamides is 1. The van der Waals surface area contributed by atoms with Crippen molar-refractivity contribution in [3.8, 4) is 6.07 Å². The number of hydrogen-bond acceptors (Lipinski definition) is 6. The normalized spacial score (nSPS) is 10.9. The van der Waals surface area contributed by atoms with Crippen molar-refractivity contribution in [1.82, 2.24) is 4.98 Å². The Morgan fingerprint density at radius 3 is 2.32 bits per heavy atom. The molecule has 0 spiro atoms. The van der Waals surface area contributed by atoms with Crippen LogP contribution in [0.4, 0.5) is 17.2 Å². The van der Waals surface area contributed by atoms with Crippen LogP contribution in [0.25, 0.3) is 0 Å². The molecule has 3 rings (SSSR count). The highest BCUT2D eigenvalue weighted by Gasteiger charge is 2.16. The molecular formula is C16H11ClN4O2S2. The quantitative estimate of drug-likeness (QED) is 0.680. The van der Waals surface area contributed by atoms with Crippen LogP contribution in [0.1, 0.15) is 5.56 Å². The highest BCUT2D eigenvalue weighted by Crippen LogP contribution is 2.27. The van der Waals surface area contributed by atoms with Crippen molar-refractivity contribution < 1.29 is 8.42 Å². The highest BCUT2D eigenvalue weighted by molar-refractivity contribution is 7.94. The maximum atomic E-state index is 12.2. The number of nitrogens with zero attached hydrogens (tertiary/aromatic N) is 2. The molecule has 6 nitrogen and oxygen atoms in total. The summed E-state index contributed by atoms with van der Waals surface area (Å²) in [5.41, 5.74) is 1.68. The third-order valence-corrected chi connectivity index (χ3v) is 6.22. The molecule has 9 heteroatoms. The molecule has 2 heterocycles. The van der Waals surface area contributed by atoms with Gasteiger partial charge in [0, 0.05) is 5.69 Å². The molecule has 0 amide bonds. The first-order valence-corrected chi connectivity index (χ1v) is 9.65. The Balaban J connectivity index is 1.70. The van der Waals surface area contributed by atoms with Crippen molar-refractivity contribution in [2.45, 2.75) is 4.21 Å². The molecule has 0 radical (unpaired) electrons. The van der Waals surface area contributed by atoms with Gasteiger partial charge in [-0.25, -0.2) is 13.4 Å². The van der Waals surface area contributed by atoms with Crippen molar-refractivity contribution >= 4 is 50.2 Å². The van der Waals surface area contributed by atoms with E-state index < -0.39 is 10.0 Å². The van der Waals surface area contributed by atoms with E-state index in [1.165, 1.54) is 18.3 Å². The number of halogens is 1. The largest absolute Gasteiger partial charge is 0.340 e. The van der Waals surface area contributed by atoms with Crippen molar-refractivity contribution in [3.05, 3.63) is 64.6 Å². The standard InChI is InChI=1S/C16H11ClN4O2S2/c17-14-6-8-16(24-14)25(22,23)21-13-5-7-15(19-10-13)20-12-3-1-11(9-18)2-4-12/h1-8,10,21H,(H,19,20). The van der Waals surface area contributed by atoms with Crippen LogP contribution in [0.5, 0.6) is 0 Å². The number of nitriles is 1. The smallest absolute Gasteiger partial charge is 0.271 e. The molecule has 0 bridgehead atoms. The van der Waals surface area contributed by atoms with E-state index in [4.69, 9.17) is 16.9 Å². The van der Waals surface area contributed by atoms with Gasteiger partial charge in [-0.05, 0) is 48.5 Å². The Hall–Kier alpha value is -2.60. The topological polar surface area (TPSA) is 94.9 Å². The fourth-order valence-electron chi connectivity index (χ4n) is 1.95. The van der Waals surface area contributed by atoms with Crippen molar-refractivity contribution in [2.24, 2.45) is 0 Å². The number of rotatable bonds is 5. The molecule has 3 aromatic rings. The minimum absolute atomic E-state index is 0.136. The summed E-state index contributed by atoms with van der Waals surface area (Å²) < 4.78 is 27.4. The van der Waals surface area contributed by atoms with Gasteiger partial charge in [-0.3, -0.25) is 4.72 Å². The SMILES string of the molecule is N#Cc1ccc(Nc2ccc(NS(=O)(=O)c3ccc(Cl)s3)cn2)cc1. The van der Waals surface area contributed by atoms with E-state index in [0.717, 1.165) is 17.0 Å². The third-order valence-electron chi connectivity index (χ3n) is 3.12. The molecule has 0 unspecified atom stereocenters. The van der Waals surface area contributed by atoms with Gasteiger partial charge in [0.2, 0.25) is 0 Å². The zero-order valence-corrected chi connectivity index (χ0v) is 15.0. The minimum atomic E-state index is -3.68. The lowest BCUT2D eigenvalue weighted by atomic mass is 10.2. The van der Waals surface area contributed by atoms with Gasteiger partial charge in [0.1, 0.15) is 10.0 Å². The van der Waals surface area contributed by atoms with Crippen LogP contribution in [-0.4, -0.2) is 13.4 Å². The molecule has 2 aromatic heterocycles. The van der Waals surface area contributed by atoms with Crippen LogP contribution in [-0.2, 0) is 10.0 Å². The van der Waals surface area contributed by atoms with Gasteiger partial charge in [-0.15, -0.1) is 11.3 Å². The Morgan fingerprint density at radius 2 is 1.76 bits per heavy atom. The zero-order chi connectivity index (χ0) is 17.9. The summed E-state index contributed by atoms with van der Waals surface area (Å²) in [6.07, 6.45) is 1.42. The summed E-state index contributed by atoms with van der Waals surface area (Å²) in [4.78, 5) is 4.17. The number of thiophene rings is 1. The molecule has 2 N–H and O–H groups in total. The molecule has 126 valence electrons. The average Bonchev–Trinajstić information content (AvgIpc) is 3.05. The number of pyridine rings is 1. The summed E-state index contributed by atoms with van der Waals surface area (Å²) in [7, 11) is -3.68. The number of anilines is 3. The maximum absolute atomic E-state index is 12.2. The van der Waals surface area contributed by atoms with Crippen LogP contribution < -0.4 is 10.0 Å². The van der Waals surface area contributed by atoms with Crippen LogP contribution >= 0.6 is 22.9 Å². The molecule has 0 saturated heterocycles. The van der Waals surface area contributed by atoms with Gasteiger partial charge < -0.3 is 5.32 Å². The van der Waals surface area contributed by atoms with Crippen LogP contribution in [0.3, 0.4) is 0 Å². The van der Waals surface area contributed by atoms with E-state index in [2.05, 4.69) is 15.0 Å². The summed E-state index contributed by atoms with van der Waals surface area (Å²) >= 11 is 6.76. The zero-order valence-electron chi connectivity index (χ0n) is 12.6. The lowest BCUT2D eigenvalue weighted by Gasteiger charge is -2.08. The second-order valence-electron chi connectivity index (χ2n) is 4.91. The van der Waals surface area contributed by atoms with Gasteiger partial charge in [0.25, 0.3) is 10.0 Å².